The molecule has 156 valence electrons. The number of carboxylic acids is 1. The minimum atomic E-state index is -0.835. The fourth-order valence-corrected chi connectivity index (χ4v) is 6.80. The molecule has 0 aromatic carbocycles. The molecule has 3 N–H and O–H groups in total. The van der Waals surface area contributed by atoms with Crippen molar-refractivity contribution in [2.75, 3.05) is 13.1 Å². The van der Waals surface area contributed by atoms with Crippen LogP contribution in [0.3, 0.4) is 0 Å². The summed E-state index contributed by atoms with van der Waals surface area (Å²) in [7, 11) is 0. The maximum Gasteiger partial charge on any atom is 0.315 e. The van der Waals surface area contributed by atoms with Gasteiger partial charge in [-0.3, -0.25) is 9.59 Å². The van der Waals surface area contributed by atoms with Crippen molar-refractivity contribution < 1.29 is 19.5 Å². The summed E-state index contributed by atoms with van der Waals surface area (Å²) in [5.41, 5.74) is -0.0288. The summed E-state index contributed by atoms with van der Waals surface area (Å²) < 4.78 is 0. The highest BCUT2D eigenvalue weighted by molar-refractivity contribution is 5.80. The van der Waals surface area contributed by atoms with E-state index in [1.54, 1.807) is 4.90 Å². The molecule has 0 unspecified atom stereocenters. The molecule has 0 radical (unpaired) electrons. The zero-order valence-corrected chi connectivity index (χ0v) is 16.8. The van der Waals surface area contributed by atoms with Gasteiger partial charge in [0.1, 0.15) is 0 Å². The average Bonchev–Trinajstić information content (AvgIpc) is 2.59. The van der Waals surface area contributed by atoms with E-state index in [4.69, 9.17) is 0 Å². The molecule has 7 heteroatoms. The van der Waals surface area contributed by atoms with E-state index in [-0.39, 0.29) is 36.5 Å². The normalized spacial score (nSPS) is 38.9. The number of urea groups is 1. The van der Waals surface area contributed by atoms with E-state index in [0.29, 0.717) is 19.4 Å². The van der Waals surface area contributed by atoms with Crippen molar-refractivity contribution in [2.24, 2.45) is 23.7 Å². The molecule has 5 fully saturated rings. The minimum absolute atomic E-state index is 0.0288. The molecule has 2 atom stereocenters. The lowest BCUT2D eigenvalue weighted by molar-refractivity contribution is -0.149. The number of carbonyl (C=O) groups excluding carboxylic acids is 2. The smallest absolute Gasteiger partial charge is 0.315 e. The average molecular weight is 392 g/mol. The van der Waals surface area contributed by atoms with Crippen LogP contribution in [-0.2, 0) is 9.59 Å². The molecule has 1 aliphatic heterocycles. The van der Waals surface area contributed by atoms with Gasteiger partial charge < -0.3 is 20.6 Å². The summed E-state index contributed by atoms with van der Waals surface area (Å²) in [6.45, 7) is 2.70. The molecule has 5 rings (SSSR count). The number of aliphatic carboxylic acids is 1. The number of nitrogens with one attached hydrogen (secondary N) is 2. The van der Waals surface area contributed by atoms with Crippen molar-refractivity contribution in [1.29, 1.82) is 0 Å². The van der Waals surface area contributed by atoms with Crippen LogP contribution in [0.15, 0.2) is 0 Å². The predicted octanol–water partition coefficient (Wildman–Crippen LogP) is 2.36. The van der Waals surface area contributed by atoms with E-state index in [1.807, 2.05) is 6.92 Å². The Morgan fingerprint density at radius 1 is 1.07 bits per heavy atom. The lowest BCUT2D eigenvalue weighted by atomic mass is 9.53. The SMILES string of the molecule is C[C@@H]1[C@H](C(=O)O)CCCN1C(=O)CCNC(=O)NC12CC3CC(CC(C3)C1)C2. The van der Waals surface area contributed by atoms with Gasteiger partial charge in [-0.25, -0.2) is 4.79 Å². The van der Waals surface area contributed by atoms with E-state index in [1.165, 1.54) is 19.3 Å². The van der Waals surface area contributed by atoms with Crippen molar-refractivity contribution in [2.45, 2.75) is 76.3 Å². The molecule has 5 aliphatic rings. The Morgan fingerprint density at radius 2 is 1.68 bits per heavy atom. The van der Waals surface area contributed by atoms with Crippen LogP contribution in [0.1, 0.15) is 64.7 Å². The van der Waals surface area contributed by atoms with Crippen LogP contribution in [0, 0.1) is 23.7 Å². The second kappa shape index (κ2) is 7.56. The first-order valence-corrected chi connectivity index (χ1v) is 10.9. The molecule has 1 saturated heterocycles. The van der Waals surface area contributed by atoms with Gasteiger partial charge in [0.25, 0.3) is 0 Å². The summed E-state index contributed by atoms with van der Waals surface area (Å²) in [5, 5.41) is 15.4. The van der Waals surface area contributed by atoms with E-state index < -0.39 is 11.9 Å². The Labute approximate surface area is 166 Å². The monoisotopic (exact) mass is 391 g/mol. The Hall–Kier alpha value is -1.79. The third-order valence-electron chi connectivity index (χ3n) is 7.67. The fraction of sp³-hybridized carbons (Fsp3) is 0.857. The second-order valence-electron chi connectivity index (χ2n) is 9.74. The number of piperidine rings is 1. The number of nitrogens with zero attached hydrogens (tertiary/aromatic N) is 1. The third-order valence-corrected chi connectivity index (χ3v) is 7.67. The first-order chi connectivity index (χ1) is 13.3. The van der Waals surface area contributed by atoms with Crippen LogP contribution < -0.4 is 10.6 Å². The fourth-order valence-electron chi connectivity index (χ4n) is 6.80. The predicted molar refractivity (Wildman–Crippen MR) is 104 cm³/mol. The molecule has 1 heterocycles. The van der Waals surface area contributed by atoms with E-state index in [9.17, 15) is 19.5 Å². The topological polar surface area (TPSA) is 98.7 Å². The molecule has 3 amide bonds. The minimum Gasteiger partial charge on any atom is -0.481 e. The van der Waals surface area contributed by atoms with Gasteiger partial charge in [-0.2, -0.15) is 0 Å². The van der Waals surface area contributed by atoms with Crippen LogP contribution >= 0.6 is 0 Å². The molecule has 4 bridgehead atoms. The first kappa shape index (κ1) is 19.5. The van der Waals surface area contributed by atoms with Crippen LogP contribution in [-0.4, -0.2) is 52.6 Å². The van der Waals surface area contributed by atoms with Gasteiger partial charge in [-0.1, -0.05) is 0 Å². The van der Waals surface area contributed by atoms with Crippen LogP contribution in [0.25, 0.3) is 0 Å². The number of amides is 3. The molecule has 28 heavy (non-hydrogen) atoms. The van der Waals surface area contributed by atoms with Crippen LogP contribution in [0.4, 0.5) is 4.79 Å². The van der Waals surface area contributed by atoms with Gasteiger partial charge in [-0.15, -0.1) is 0 Å². The summed E-state index contributed by atoms with van der Waals surface area (Å²) in [4.78, 5) is 38.0. The molecule has 4 aliphatic carbocycles. The molecule has 4 saturated carbocycles. The number of carboxylic acid groups (broad SMARTS) is 1. The Bertz CT molecular complexity index is 614. The highest BCUT2D eigenvalue weighted by atomic mass is 16.4. The molecular formula is C21H33N3O4. The van der Waals surface area contributed by atoms with Crippen molar-refractivity contribution in [3.8, 4) is 0 Å². The van der Waals surface area contributed by atoms with E-state index in [2.05, 4.69) is 10.6 Å². The van der Waals surface area contributed by atoms with Crippen molar-refractivity contribution in [3.05, 3.63) is 0 Å². The van der Waals surface area contributed by atoms with Gasteiger partial charge in [0, 0.05) is 31.1 Å². The lowest BCUT2D eigenvalue weighted by Crippen LogP contribution is -2.61. The molecule has 0 spiro atoms. The quantitative estimate of drug-likeness (QED) is 0.670. The zero-order chi connectivity index (χ0) is 19.9. The van der Waals surface area contributed by atoms with Gasteiger partial charge in [0.2, 0.25) is 5.91 Å². The number of carbonyl (C=O) groups is 3. The van der Waals surface area contributed by atoms with Crippen molar-refractivity contribution in [1.82, 2.24) is 15.5 Å². The van der Waals surface area contributed by atoms with Crippen molar-refractivity contribution in [3.63, 3.8) is 0 Å². The summed E-state index contributed by atoms with van der Waals surface area (Å²) in [6, 6.07) is -0.454. The highest BCUT2D eigenvalue weighted by Gasteiger charge is 2.51. The summed E-state index contributed by atoms with van der Waals surface area (Å²) in [5.74, 6) is 0.916. The maximum atomic E-state index is 12.5. The van der Waals surface area contributed by atoms with Crippen LogP contribution in [0.2, 0.25) is 0 Å². The Kier molecular flexibility index (Phi) is 5.27. The first-order valence-electron chi connectivity index (χ1n) is 10.9. The number of hydrogen-bond acceptors (Lipinski definition) is 3. The Morgan fingerprint density at radius 3 is 2.25 bits per heavy atom. The third kappa shape index (κ3) is 3.85. The van der Waals surface area contributed by atoms with Crippen molar-refractivity contribution >= 4 is 17.9 Å². The molecular weight excluding hydrogens is 358 g/mol. The number of hydrogen-bond donors (Lipinski definition) is 3. The van der Waals surface area contributed by atoms with E-state index in [0.717, 1.165) is 37.0 Å². The Balaban J connectivity index is 1.23. The van der Waals surface area contributed by atoms with Gasteiger partial charge in [0.15, 0.2) is 0 Å². The number of likely N-dealkylation sites (tertiary alicyclic amines) is 1. The standard InChI is InChI=1S/C21H33N3O4/c1-13-17(19(26)27)3-2-6-24(13)18(25)4-5-22-20(28)23-21-10-14-7-15(11-21)9-16(8-14)12-21/h13-17H,2-12H2,1H3,(H,26,27)(H2,22,23,28)/t13-,14?,15?,16?,17-,21?/m1/s1. The van der Waals surface area contributed by atoms with Gasteiger partial charge in [0.05, 0.1) is 5.92 Å². The largest absolute Gasteiger partial charge is 0.481 e. The molecule has 7 nitrogen and oxygen atoms in total. The highest BCUT2D eigenvalue weighted by Crippen LogP contribution is 2.55. The molecule has 0 aromatic heterocycles. The molecule has 0 aromatic rings. The van der Waals surface area contributed by atoms with Crippen LogP contribution in [0.5, 0.6) is 0 Å². The lowest BCUT2D eigenvalue weighted by Gasteiger charge is -2.56. The zero-order valence-electron chi connectivity index (χ0n) is 16.8. The van der Waals surface area contributed by atoms with E-state index >= 15 is 0 Å². The van der Waals surface area contributed by atoms with Gasteiger partial charge in [-0.05, 0) is 76.0 Å². The second-order valence-corrected chi connectivity index (χ2v) is 9.74. The summed E-state index contributed by atoms with van der Waals surface area (Å²) >= 11 is 0. The summed E-state index contributed by atoms with van der Waals surface area (Å²) in [6.07, 6.45) is 8.87. The van der Waals surface area contributed by atoms with Gasteiger partial charge >= 0.3 is 12.0 Å². The maximum absolute atomic E-state index is 12.5. The number of rotatable bonds is 5.